The first kappa shape index (κ1) is 27.9. The summed E-state index contributed by atoms with van der Waals surface area (Å²) in [6.45, 7) is 4.62. The lowest BCUT2D eigenvalue weighted by atomic mass is 9.95. The van der Waals surface area contributed by atoms with Crippen LogP contribution >= 0.6 is 34.7 Å². The number of ketones is 1. The van der Waals surface area contributed by atoms with Gasteiger partial charge in [-0.3, -0.25) is 14.5 Å². The molecule has 1 aliphatic heterocycles. The standard InChI is InChI=1S/C30H26ClN3O4S2/c1-3-16-38-23-14-10-21(11-15-23)26(35)24-25(20-8-12-22(31)13-9-20)34(28(37)27(24)36)29-32-33-30(40-29)39-17-19-6-4-18(2)5-7-19/h4-15,25,35H,3,16-17H2,1-2H3/b26-24-. The van der Waals surface area contributed by atoms with E-state index in [1.54, 1.807) is 48.5 Å². The summed E-state index contributed by atoms with van der Waals surface area (Å²) >= 11 is 8.86. The van der Waals surface area contributed by atoms with E-state index in [-0.39, 0.29) is 16.5 Å². The van der Waals surface area contributed by atoms with Gasteiger partial charge in [0.15, 0.2) is 4.34 Å². The van der Waals surface area contributed by atoms with Crippen molar-refractivity contribution in [3.05, 3.63) is 106 Å². The second kappa shape index (κ2) is 12.2. The van der Waals surface area contributed by atoms with Crippen molar-refractivity contribution in [2.45, 2.75) is 36.4 Å². The van der Waals surface area contributed by atoms with Gasteiger partial charge in [-0.2, -0.15) is 0 Å². The summed E-state index contributed by atoms with van der Waals surface area (Å²) in [7, 11) is 0. The van der Waals surface area contributed by atoms with E-state index in [4.69, 9.17) is 16.3 Å². The van der Waals surface area contributed by atoms with Crippen LogP contribution in [0.1, 0.15) is 41.6 Å². The number of aliphatic hydroxyl groups is 1. The third-order valence-electron chi connectivity index (χ3n) is 6.32. The molecule has 204 valence electrons. The van der Waals surface area contributed by atoms with Crippen LogP contribution in [0.25, 0.3) is 5.76 Å². The molecule has 1 fully saturated rings. The Balaban J connectivity index is 1.49. The maximum atomic E-state index is 13.4. The third kappa shape index (κ3) is 5.91. The quantitative estimate of drug-likeness (QED) is 0.0723. The number of benzene rings is 3. The highest BCUT2D eigenvalue weighted by molar-refractivity contribution is 8.00. The molecule has 0 saturated carbocycles. The summed E-state index contributed by atoms with van der Waals surface area (Å²) in [4.78, 5) is 28.1. The fourth-order valence-electron chi connectivity index (χ4n) is 4.26. The predicted molar refractivity (Wildman–Crippen MR) is 159 cm³/mol. The van der Waals surface area contributed by atoms with Crippen molar-refractivity contribution >= 4 is 57.3 Å². The predicted octanol–water partition coefficient (Wildman–Crippen LogP) is 7.21. The van der Waals surface area contributed by atoms with E-state index < -0.39 is 17.7 Å². The Morgan fingerprint density at radius 2 is 1.73 bits per heavy atom. The number of amides is 1. The second-order valence-electron chi connectivity index (χ2n) is 9.22. The Morgan fingerprint density at radius 3 is 2.40 bits per heavy atom. The highest BCUT2D eigenvalue weighted by atomic mass is 35.5. The smallest absolute Gasteiger partial charge is 0.301 e. The van der Waals surface area contributed by atoms with Crippen molar-refractivity contribution in [1.29, 1.82) is 0 Å². The van der Waals surface area contributed by atoms with Crippen LogP contribution in [0.5, 0.6) is 5.75 Å². The van der Waals surface area contributed by atoms with Gasteiger partial charge < -0.3 is 9.84 Å². The molecule has 0 aliphatic carbocycles. The number of aromatic nitrogens is 2. The molecule has 3 aromatic carbocycles. The van der Waals surface area contributed by atoms with E-state index in [0.717, 1.165) is 12.0 Å². The van der Waals surface area contributed by atoms with Crippen molar-refractivity contribution in [3.8, 4) is 5.75 Å². The molecule has 2 heterocycles. The molecule has 0 radical (unpaired) electrons. The highest BCUT2D eigenvalue weighted by Crippen LogP contribution is 2.44. The Morgan fingerprint density at radius 1 is 1.02 bits per heavy atom. The summed E-state index contributed by atoms with van der Waals surface area (Å²) in [5.41, 5.74) is 3.30. The average molecular weight is 592 g/mol. The lowest BCUT2D eigenvalue weighted by Crippen LogP contribution is -2.29. The van der Waals surface area contributed by atoms with E-state index >= 15 is 0 Å². The number of hydrogen-bond donors (Lipinski definition) is 1. The van der Waals surface area contributed by atoms with Crippen molar-refractivity contribution in [1.82, 2.24) is 10.2 Å². The molecule has 4 aromatic rings. The monoisotopic (exact) mass is 591 g/mol. The zero-order valence-electron chi connectivity index (χ0n) is 21.8. The minimum absolute atomic E-state index is 0.0291. The van der Waals surface area contributed by atoms with E-state index in [9.17, 15) is 14.7 Å². The summed E-state index contributed by atoms with van der Waals surface area (Å²) in [5, 5.41) is 20.7. The molecule has 7 nitrogen and oxygen atoms in total. The number of halogens is 1. The number of aryl methyl sites for hydroxylation is 1. The number of carbonyl (C=O) groups excluding carboxylic acids is 2. The minimum Gasteiger partial charge on any atom is -0.507 e. The first-order valence-corrected chi connectivity index (χ1v) is 14.8. The molecule has 0 spiro atoms. The summed E-state index contributed by atoms with van der Waals surface area (Å²) in [6.07, 6.45) is 0.865. The number of carbonyl (C=O) groups is 2. The molecule has 1 saturated heterocycles. The number of nitrogens with zero attached hydrogens (tertiary/aromatic N) is 3. The number of Topliss-reactive ketones (excluding diaryl/α,β-unsaturated/α-hetero) is 1. The van der Waals surface area contributed by atoms with E-state index in [1.807, 2.05) is 13.8 Å². The van der Waals surface area contributed by atoms with E-state index in [2.05, 4.69) is 34.5 Å². The first-order chi connectivity index (χ1) is 19.4. The van der Waals surface area contributed by atoms with Gasteiger partial charge in [0.2, 0.25) is 5.13 Å². The molecular weight excluding hydrogens is 566 g/mol. The highest BCUT2D eigenvalue weighted by Gasteiger charge is 2.48. The number of aliphatic hydroxyl groups excluding tert-OH is 1. The minimum atomic E-state index is -0.906. The fraction of sp³-hybridized carbons (Fsp3) is 0.200. The molecule has 40 heavy (non-hydrogen) atoms. The topological polar surface area (TPSA) is 92.6 Å². The van der Waals surface area contributed by atoms with Crippen LogP contribution in [-0.4, -0.2) is 33.6 Å². The van der Waals surface area contributed by atoms with Crippen molar-refractivity contribution in [2.24, 2.45) is 0 Å². The maximum absolute atomic E-state index is 13.4. The number of anilines is 1. The molecule has 1 atom stereocenters. The van der Waals surface area contributed by atoms with Crippen molar-refractivity contribution in [2.75, 3.05) is 11.5 Å². The Kier molecular flexibility index (Phi) is 8.54. The summed E-state index contributed by atoms with van der Waals surface area (Å²) < 4.78 is 6.29. The fourth-order valence-corrected chi connectivity index (χ4v) is 6.21. The summed E-state index contributed by atoms with van der Waals surface area (Å²) in [6, 6.07) is 20.9. The molecule has 1 aromatic heterocycles. The lowest BCUT2D eigenvalue weighted by Gasteiger charge is -2.22. The molecule has 10 heteroatoms. The lowest BCUT2D eigenvalue weighted by molar-refractivity contribution is -0.132. The van der Waals surface area contributed by atoms with Crippen LogP contribution in [-0.2, 0) is 15.3 Å². The zero-order valence-corrected chi connectivity index (χ0v) is 24.2. The van der Waals surface area contributed by atoms with Crippen LogP contribution in [0.2, 0.25) is 5.02 Å². The van der Waals surface area contributed by atoms with Crippen LogP contribution in [0, 0.1) is 6.92 Å². The van der Waals surface area contributed by atoms with Crippen molar-refractivity contribution < 1.29 is 19.4 Å². The van der Waals surface area contributed by atoms with Crippen LogP contribution in [0.15, 0.2) is 82.7 Å². The van der Waals surface area contributed by atoms with Gasteiger partial charge in [0, 0.05) is 16.3 Å². The van der Waals surface area contributed by atoms with Gasteiger partial charge in [0.05, 0.1) is 18.2 Å². The molecule has 1 N–H and O–H groups in total. The molecule has 0 bridgehead atoms. The SMILES string of the molecule is CCCOc1ccc(/C(O)=C2/C(=O)C(=O)N(c3nnc(SCc4ccc(C)cc4)s3)C2c2ccc(Cl)cc2)cc1. The average Bonchev–Trinajstić information content (AvgIpc) is 3.54. The zero-order chi connectivity index (χ0) is 28.2. The van der Waals surface area contributed by atoms with Crippen molar-refractivity contribution in [3.63, 3.8) is 0 Å². The van der Waals surface area contributed by atoms with Gasteiger partial charge in [-0.05, 0) is 60.9 Å². The molecule has 1 amide bonds. The summed E-state index contributed by atoms with van der Waals surface area (Å²) in [5.74, 6) is -0.519. The Labute approximate surface area is 245 Å². The van der Waals surface area contributed by atoms with E-state index in [1.165, 1.54) is 33.6 Å². The van der Waals surface area contributed by atoms with E-state index in [0.29, 0.717) is 38.6 Å². The molecule has 5 rings (SSSR count). The van der Waals surface area contributed by atoms with Gasteiger partial charge in [0.1, 0.15) is 11.5 Å². The van der Waals surface area contributed by atoms with Crippen LogP contribution < -0.4 is 9.64 Å². The van der Waals surface area contributed by atoms with Gasteiger partial charge in [-0.1, -0.05) is 83.6 Å². The molecule has 1 aliphatic rings. The van der Waals surface area contributed by atoms with Crippen LogP contribution in [0.3, 0.4) is 0 Å². The number of rotatable bonds is 9. The van der Waals surface area contributed by atoms with Gasteiger partial charge >= 0.3 is 5.91 Å². The largest absolute Gasteiger partial charge is 0.507 e. The third-order valence-corrected chi connectivity index (χ3v) is 8.69. The Bertz CT molecular complexity index is 1550. The van der Waals surface area contributed by atoms with Crippen LogP contribution in [0.4, 0.5) is 5.13 Å². The second-order valence-corrected chi connectivity index (χ2v) is 11.8. The number of ether oxygens (including phenoxy) is 1. The maximum Gasteiger partial charge on any atom is 0.301 e. The van der Waals surface area contributed by atoms with Gasteiger partial charge in [0.25, 0.3) is 5.78 Å². The molecule has 1 unspecified atom stereocenters. The first-order valence-electron chi connectivity index (χ1n) is 12.7. The normalized spacial score (nSPS) is 16.5. The Hall–Kier alpha value is -3.66. The number of thioether (sulfide) groups is 1. The van der Waals surface area contributed by atoms with Gasteiger partial charge in [-0.25, -0.2) is 0 Å². The van der Waals surface area contributed by atoms with Gasteiger partial charge in [-0.15, -0.1) is 10.2 Å². The molecular formula is C30H26ClN3O4S2. The number of hydrogen-bond acceptors (Lipinski definition) is 8.